The van der Waals surface area contributed by atoms with Gasteiger partial charge in [-0.15, -0.1) is 0 Å². The van der Waals surface area contributed by atoms with E-state index in [-0.39, 0.29) is 0 Å². The number of rotatable bonds is 1. The van der Waals surface area contributed by atoms with Gasteiger partial charge in [-0.3, -0.25) is 4.90 Å². The number of anilines is 1. The van der Waals surface area contributed by atoms with Gasteiger partial charge < -0.3 is 5.73 Å². The van der Waals surface area contributed by atoms with Gasteiger partial charge in [0.05, 0.1) is 0 Å². The molecule has 0 saturated heterocycles. The van der Waals surface area contributed by atoms with Gasteiger partial charge in [0.25, 0.3) is 0 Å². The molecule has 1 heterocycles. The lowest BCUT2D eigenvalue weighted by Gasteiger charge is -2.39. The fourth-order valence-corrected chi connectivity index (χ4v) is 3.58. The summed E-state index contributed by atoms with van der Waals surface area (Å²) in [6, 6.07) is 7.21. The second-order valence-corrected chi connectivity index (χ2v) is 6.12. The standard InChI is InChI=1S/C16H24N2/c1-12-5-7-14(8-6-12)18-10-9-15-13(11-18)3-2-4-16(15)17/h2-4,12,14H,5-11,17H2,1H3. The maximum atomic E-state index is 6.06. The molecule has 98 valence electrons. The van der Waals surface area contributed by atoms with Crippen LogP contribution in [0.5, 0.6) is 0 Å². The van der Waals surface area contributed by atoms with Crippen molar-refractivity contribution in [1.29, 1.82) is 0 Å². The molecule has 0 unspecified atom stereocenters. The minimum atomic E-state index is 0.816. The van der Waals surface area contributed by atoms with Crippen LogP contribution in [0.3, 0.4) is 0 Å². The van der Waals surface area contributed by atoms with Gasteiger partial charge in [0.2, 0.25) is 0 Å². The predicted molar refractivity (Wildman–Crippen MR) is 76.4 cm³/mol. The lowest BCUT2D eigenvalue weighted by molar-refractivity contribution is 0.127. The summed E-state index contributed by atoms with van der Waals surface area (Å²) in [6.07, 6.45) is 6.72. The van der Waals surface area contributed by atoms with E-state index in [2.05, 4.69) is 24.0 Å². The topological polar surface area (TPSA) is 29.3 Å². The van der Waals surface area contributed by atoms with Gasteiger partial charge >= 0.3 is 0 Å². The van der Waals surface area contributed by atoms with Gasteiger partial charge in [0.15, 0.2) is 0 Å². The Hall–Kier alpha value is -1.02. The summed E-state index contributed by atoms with van der Waals surface area (Å²) in [5.74, 6) is 0.939. The van der Waals surface area contributed by atoms with Crippen LogP contribution in [0.15, 0.2) is 18.2 Å². The van der Waals surface area contributed by atoms with Crippen LogP contribution in [-0.4, -0.2) is 17.5 Å². The van der Waals surface area contributed by atoms with E-state index >= 15 is 0 Å². The molecule has 0 spiro atoms. The summed E-state index contributed by atoms with van der Waals surface area (Å²) in [6.45, 7) is 4.70. The van der Waals surface area contributed by atoms with E-state index in [0.717, 1.165) is 30.6 Å². The Kier molecular flexibility index (Phi) is 3.29. The molecule has 1 saturated carbocycles. The molecule has 1 aromatic carbocycles. The normalized spacial score (nSPS) is 28.9. The minimum absolute atomic E-state index is 0.816. The number of fused-ring (bicyclic) bond motifs is 1. The highest BCUT2D eigenvalue weighted by atomic mass is 15.2. The molecule has 2 aliphatic rings. The van der Waals surface area contributed by atoms with E-state index in [9.17, 15) is 0 Å². The van der Waals surface area contributed by atoms with Crippen LogP contribution in [0, 0.1) is 5.92 Å². The molecule has 2 nitrogen and oxygen atoms in total. The number of hydrogen-bond acceptors (Lipinski definition) is 2. The number of nitrogens with two attached hydrogens (primary N) is 1. The fourth-order valence-electron chi connectivity index (χ4n) is 3.58. The van der Waals surface area contributed by atoms with Crippen molar-refractivity contribution < 1.29 is 0 Å². The van der Waals surface area contributed by atoms with Crippen LogP contribution < -0.4 is 5.73 Å². The highest BCUT2D eigenvalue weighted by molar-refractivity contribution is 5.51. The smallest absolute Gasteiger partial charge is 0.0350 e. The Morgan fingerprint density at radius 1 is 1.17 bits per heavy atom. The number of nitrogen functional groups attached to an aromatic ring is 1. The molecule has 0 amide bonds. The third kappa shape index (κ3) is 2.26. The predicted octanol–water partition coefficient (Wildman–Crippen LogP) is 3.21. The second-order valence-electron chi connectivity index (χ2n) is 6.12. The number of nitrogens with zero attached hydrogens (tertiary/aromatic N) is 1. The van der Waals surface area contributed by atoms with E-state index in [1.54, 1.807) is 0 Å². The molecule has 0 aromatic heterocycles. The van der Waals surface area contributed by atoms with E-state index in [1.807, 2.05) is 6.07 Å². The molecule has 18 heavy (non-hydrogen) atoms. The van der Waals surface area contributed by atoms with E-state index in [0.29, 0.717) is 0 Å². The molecule has 0 radical (unpaired) electrons. The first-order valence-corrected chi connectivity index (χ1v) is 7.34. The summed E-state index contributed by atoms with van der Waals surface area (Å²) in [5, 5.41) is 0. The van der Waals surface area contributed by atoms with E-state index < -0.39 is 0 Å². The quantitative estimate of drug-likeness (QED) is 0.769. The third-order valence-corrected chi connectivity index (χ3v) is 4.83. The molecular formula is C16H24N2. The van der Waals surface area contributed by atoms with Crippen molar-refractivity contribution in [2.45, 2.75) is 51.6 Å². The first-order valence-electron chi connectivity index (χ1n) is 7.34. The zero-order chi connectivity index (χ0) is 12.5. The van der Waals surface area contributed by atoms with Gasteiger partial charge in [-0.2, -0.15) is 0 Å². The summed E-state index contributed by atoms with van der Waals surface area (Å²) in [7, 11) is 0. The van der Waals surface area contributed by atoms with Crippen molar-refractivity contribution >= 4 is 5.69 Å². The van der Waals surface area contributed by atoms with Gasteiger partial charge in [-0.05, 0) is 55.2 Å². The molecule has 0 atom stereocenters. The fraction of sp³-hybridized carbons (Fsp3) is 0.625. The largest absolute Gasteiger partial charge is 0.398 e. The van der Waals surface area contributed by atoms with Crippen LogP contribution in [0.2, 0.25) is 0 Å². The van der Waals surface area contributed by atoms with Crippen molar-refractivity contribution in [1.82, 2.24) is 4.90 Å². The van der Waals surface area contributed by atoms with Crippen LogP contribution in [0.4, 0.5) is 5.69 Å². The summed E-state index contributed by atoms with van der Waals surface area (Å²) in [4.78, 5) is 2.69. The Morgan fingerprint density at radius 3 is 2.72 bits per heavy atom. The molecular weight excluding hydrogens is 220 g/mol. The molecule has 1 aromatic rings. The van der Waals surface area contributed by atoms with Gasteiger partial charge in [0.1, 0.15) is 0 Å². The zero-order valence-electron chi connectivity index (χ0n) is 11.4. The van der Waals surface area contributed by atoms with Gasteiger partial charge in [0, 0.05) is 24.8 Å². The maximum Gasteiger partial charge on any atom is 0.0350 e. The van der Waals surface area contributed by atoms with Gasteiger partial charge in [-0.1, -0.05) is 19.1 Å². The Balaban J connectivity index is 1.71. The summed E-state index contributed by atoms with van der Waals surface area (Å²) < 4.78 is 0. The first kappa shape index (κ1) is 12.0. The Morgan fingerprint density at radius 2 is 1.94 bits per heavy atom. The second kappa shape index (κ2) is 4.93. The summed E-state index contributed by atoms with van der Waals surface area (Å²) >= 11 is 0. The highest BCUT2D eigenvalue weighted by Gasteiger charge is 2.27. The number of hydrogen-bond donors (Lipinski definition) is 1. The zero-order valence-corrected chi connectivity index (χ0v) is 11.4. The van der Waals surface area contributed by atoms with Crippen molar-refractivity contribution in [2.24, 2.45) is 5.92 Å². The lowest BCUT2D eigenvalue weighted by atomic mass is 9.85. The molecule has 2 heteroatoms. The average molecular weight is 244 g/mol. The van der Waals surface area contributed by atoms with Crippen LogP contribution in [0.25, 0.3) is 0 Å². The minimum Gasteiger partial charge on any atom is -0.398 e. The molecule has 1 fully saturated rings. The monoisotopic (exact) mass is 244 g/mol. The first-order chi connectivity index (χ1) is 8.74. The van der Waals surface area contributed by atoms with Crippen LogP contribution in [0.1, 0.15) is 43.7 Å². The third-order valence-electron chi connectivity index (χ3n) is 4.83. The molecule has 3 rings (SSSR count). The SMILES string of the molecule is CC1CCC(N2CCc3c(N)cccc3C2)CC1. The van der Waals surface area contributed by atoms with Gasteiger partial charge in [-0.25, -0.2) is 0 Å². The number of benzene rings is 1. The van der Waals surface area contributed by atoms with Crippen LogP contribution >= 0.6 is 0 Å². The lowest BCUT2D eigenvalue weighted by Crippen LogP contribution is -2.41. The van der Waals surface area contributed by atoms with Crippen molar-refractivity contribution in [3.8, 4) is 0 Å². The average Bonchev–Trinajstić information content (AvgIpc) is 2.39. The molecule has 0 bridgehead atoms. The Bertz CT molecular complexity index is 419. The van der Waals surface area contributed by atoms with E-state index in [4.69, 9.17) is 5.73 Å². The van der Waals surface area contributed by atoms with Crippen molar-refractivity contribution in [3.05, 3.63) is 29.3 Å². The van der Waals surface area contributed by atoms with Crippen LogP contribution in [-0.2, 0) is 13.0 Å². The maximum absolute atomic E-state index is 6.06. The van der Waals surface area contributed by atoms with Crippen molar-refractivity contribution in [3.63, 3.8) is 0 Å². The molecule has 1 aliphatic carbocycles. The highest BCUT2D eigenvalue weighted by Crippen LogP contribution is 2.31. The van der Waals surface area contributed by atoms with Crippen molar-refractivity contribution in [2.75, 3.05) is 12.3 Å². The molecule has 1 aliphatic heterocycles. The Labute approximate surface area is 110 Å². The summed E-state index contributed by atoms with van der Waals surface area (Å²) in [5.41, 5.74) is 9.91. The molecule has 2 N–H and O–H groups in total. The van der Waals surface area contributed by atoms with E-state index in [1.165, 1.54) is 43.4 Å².